The highest BCUT2D eigenvalue weighted by molar-refractivity contribution is 7.09. The Hall–Kier alpha value is -2.38. The average Bonchev–Trinajstić information content (AvgIpc) is 3.26. The number of phenols is 1. The number of phenolic OH excluding ortho intramolecular Hbond substituents is 1. The van der Waals surface area contributed by atoms with Crippen LogP contribution in [0.5, 0.6) is 5.75 Å². The summed E-state index contributed by atoms with van der Waals surface area (Å²) >= 11 is 1.56. The van der Waals surface area contributed by atoms with E-state index in [1.54, 1.807) is 23.5 Å². The molecule has 0 unspecified atom stereocenters. The second kappa shape index (κ2) is 7.09. The number of para-hydroxylation sites is 2. The van der Waals surface area contributed by atoms with Crippen LogP contribution >= 0.6 is 11.3 Å². The van der Waals surface area contributed by atoms with Gasteiger partial charge >= 0.3 is 0 Å². The highest BCUT2D eigenvalue weighted by atomic mass is 32.1. The third-order valence-electron chi connectivity index (χ3n) is 5.09. The number of aromatic hydroxyl groups is 1. The predicted molar refractivity (Wildman–Crippen MR) is 100 cm³/mol. The minimum absolute atomic E-state index is 0.0839. The van der Waals surface area contributed by atoms with E-state index in [1.807, 2.05) is 29.6 Å². The number of thiophene rings is 1. The van der Waals surface area contributed by atoms with E-state index in [2.05, 4.69) is 9.80 Å². The number of carbonyl (C=O) groups is 2. The fourth-order valence-electron chi connectivity index (χ4n) is 3.68. The van der Waals surface area contributed by atoms with Gasteiger partial charge in [0.15, 0.2) is 0 Å². The number of anilines is 1. The van der Waals surface area contributed by atoms with Crippen molar-refractivity contribution in [2.75, 3.05) is 31.1 Å². The van der Waals surface area contributed by atoms with Gasteiger partial charge in [0.05, 0.1) is 24.7 Å². The molecule has 0 spiro atoms. The van der Waals surface area contributed by atoms with Gasteiger partial charge in [-0.25, -0.2) is 0 Å². The molecule has 7 heteroatoms. The Morgan fingerprint density at radius 1 is 1.04 bits per heavy atom. The summed E-state index contributed by atoms with van der Waals surface area (Å²) in [5.74, 6) is 0.103. The zero-order valence-electron chi connectivity index (χ0n) is 14.4. The minimum atomic E-state index is -0.353. The Balaban J connectivity index is 1.39. The van der Waals surface area contributed by atoms with Crippen molar-refractivity contribution < 1.29 is 14.7 Å². The highest BCUT2D eigenvalue weighted by Gasteiger charge is 2.42. The van der Waals surface area contributed by atoms with Gasteiger partial charge in [-0.05, 0) is 23.6 Å². The monoisotopic (exact) mass is 371 g/mol. The van der Waals surface area contributed by atoms with E-state index in [-0.39, 0.29) is 30.0 Å². The molecule has 0 saturated carbocycles. The average molecular weight is 371 g/mol. The molecule has 2 aliphatic rings. The first kappa shape index (κ1) is 17.1. The summed E-state index contributed by atoms with van der Waals surface area (Å²) < 4.78 is 0. The number of rotatable bonds is 4. The first-order valence-corrected chi connectivity index (χ1v) is 9.65. The van der Waals surface area contributed by atoms with Crippen LogP contribution in [0, 0.1) is 0 Å². The Morgan fingerprint density at radius 3 is 2.50 bits per heavy atom. The van der Waals surface area contributed by atoms with Crippen LogP contribution in [0.15, 0.2) is 41.8 Å². The third-order valence-corrected chi connectivity index (χ3v) is 5.95. The second-order valence-corrected chi connectivity index (χ2v) is 7.66. The van der Waals surface area contributed by atoms with Crippen molar-refractivity contribution in [3.63, 3.8) is 0 Å². The lowest BCUT2D eigenvalue weighted by atomic mass is 10.1. The molecule has 0 radical (unpaired) electrons. The van der Waals surface area contributed by atoms with Crippen LogP contribution in [-0.4, -0.2) is 58.9 Å². The summed E-state index contributed by atoms with van der Waals surface area (Å²) in [6.45, 7) is 3.22. The van der Waals surface area contributed by atoms with Crippen molar-refractivity contribution in [1.29, 1.82) is 0 Å². The van der Waals surface area contributed by atoms with E-state index in [1.165, 1.54) is 4.90 Å². The zero-order chi connectivity index (χ0) is 18.1. The molecule has 1 N–H and O–H groups in total. The van der Waals surface area contributed by atoms with Crippen molar-refractivity contribution in [3.05, 3.63) is 46.7 Å². The number of amides is 2. The number of carbonyl (C=O) groups excluding carboxylic acids is 2. The van der Waals surface area contributed by atoms with Crippen LogP contribution in [0.25, 0.3) is 0 Å². The molecule has 136 valence electrons. The van der Waals surface area contributed by atoms with Crippen LogP contribution in [0.1, 0.15) is 11.3 Å². The first-order valence-electron chi connectivity index (χ1n) is 8.77. The van der Waals surface area contributed by atoms with Gasteiger partial charge in [0.1, 0.15) is 5.75 Å². The lowest BCUT2D eigenvalue weighted by Crippen LogP contribution is -2.52. The van der Waals surface area contributed by atoms with E-state index < -0.39 is 0 Å². The molecule has 2 aromatic rings. The molecule has 2 aliphatic heterocycles. The van der Waals surface area contributed by atoms with Gasteiger partial charge in [0, 0.05) is 31.1 Å². The minimum Gasteiger partial charge on any atom is -0.506 e. The van der Waals surface area contributed by atoms with Crippen molar-refractivity contribution in [3.8, 4) is 5.75 Å². The van der Waals surface area contributed by atoms with Gasteiger partial charge in [-0.1, -0.05) is 18.2 Å². The molecule has 2 amide bonds. The predicted octanol–water partition coefficient (Wildman–Crippen LogP) is 1.90. The number of hydrogen-bond acceptors (Lipinski definition) is 6. The first-order chi connectivity index (χ1) is 12.6. The van der Waals surface area contributed by atoms with Gasteiger partial charge in [-0.15, -0.1) is 11.3 Å². The standard InChI is InChI=1S/C19H21N3O3S/c23-17-6-2-1-5-15(17)20-7-9-21(10-8-20)16-12-18(24)22(19(16)25)13-14-4-3-11-26-14/h1-6,11,16,23H,7-10,12-13H2/t16-/m1/s1. The van der Waals surface area contributed by atoms with E-state index in [0.717, 1.165) is 23.7 Å². The van der Waals surface area contributed by atoms with Crippen molar-refractivity contribution in [2.45, 2.75) is 19.0 Å². The molecule has 2 fully saturated rings. The van der Waals surface area contributed by atoms with Crippen LogP contribution < -0.4 is 4.90 Å². The van der Waals surface area contributed by atoms with Crippen molar-refractivity contribution in [2.24, 2.45) is 0 Å². The van der Waals surface area contributed by atoms with E-state index in [4.69, 9.17) is 0 Å². The van der Waals surface area contributed by atoms with Gasteiger partial charge < -0.3 is 10.0 Å². The smallest absolute Gasteiger partial charge is 0.247 e. The van der Waals surface area contributed by atoms with E-state index in [0.29, 0.717) is 19.6 Å². The van der Waals surface area contributed by atoms with Crippen LogP contribution in [0.2, 0.25) is 0 Å². The molecule has 3 heterocycles. The fraction of sp³-hybridized carbons (Fsp3) is 0.368. The quantitative estimate of drug-likeness (QED) is 0.832. The van der Waals surface area contributed by atoms with Crippen molar-refractivity contribution >= 4 is 28.8 Å². The van der Waals surface area contributed by atoms with Gasteiger partial charge in [0.25, 0.3) is 0 Å². The molecule has 6 nitrogen and oxygen atoms in total. The number of nitrogens with zero attached hydrogens (tertiary/aromatic N) is 3. The molecule has 26 heavy (non-hydrogen) atoms. The second-order valence-electron chi connectivity index (χ2n) is 6.63. The number of hydrogen-bond donors (Lipinski definition) is 1. The maximum Gasteiger partial charge on any atom is 0.247 e. The third kappa shape index (κ3) is 3.20. The summed E-state index contributed by atoms with van der Waals surface area (Å²) in [6.07, 6.45) is 0.265. The fourth-order valence-corrected chi connectivity index (χ4v) is 4.37. The molecule has 0 bridgehead atoms. The Morgan fingerprint density at radius 2 is 1.81 bits per heavy atom. The summed E-state index contributed by atoms with van der Waals surface area (Å²) in [6, 6.07) is 10.8. The lowest BCUT2D eigenvalue weighted by molar-refractivity contribution is -0.140. The van der Waals surface area contributed by atoms with E-state index in [9.17, 15) is 14.7 Å². The molecular weight excluding hydrogens is 350 g/mol. The Bertz CT molecular complexity index is 800. The number of likely N-dealkylation sites (tertiary alicyclic amines) is 1. The molecule has 0 aliphatic carbocycles. The van der Waals surface area contributed by atoms with E-state index >= 15 is 0 Å². The Kier molecular flexibility index (Phi) is 4.65. The lowest BCUT2D eigenvalue weighted by Gasteiger charge is -2.38. The topological polar surface area (TPSA) is 64.1 Å². The molecule has 1 atom stereocenters. The summed E-state index contributed by atoms with van der Waals surface area (Å²) in [5, 5.41) is 12.0. The number of benzene rings is 1. The molecular formula is C19H21N3O3S. The maximum atomic E-state index is 12.8. The van der Waals surface area contributed by atoms with Crippen LogP contribution in [-0.2, 0) is 16.1 Å². The van der Waals surface area contributed by atoms with Crippen molar-refractivity contribution in [1.82, 2.24) is 9.80 Å². The maximum absolute atomic E-state index is 12.8. The molecule has 2 saturated heterocycles. The zero-order valence-corrected chi connectivity index (χ0v) is 15.2. The Labute approximate surface area is 156 Å². The van der Waals surface area contributed by atoms with Crippen LogP contribution in [0.4, 0.5) is 5.69 Å². The largest absolute Gasteiger partial charge is 0.506 e. The van der Waals surface area contributed by atoms with Gasteiger partial charge in [-0.3, -0.25) is 19.4 Å². The highest BCUT2D eigenvalue weighted by Crippen LogP contribution is 2.29. The summed E-state index contributed by atoms with van der Waals surface area (Å²) in [5.41, 5.74) is 0.820. The molecule has 4 rings (SSSR count). The van der Waals surface area contributed by atoms with Gasteiger partial charge in [0.2, 0.25) is 11.8 Å². The SMILES string of the molecule is O=C1C[C@@H](N2CCN(c3ccccc3O)CC2)C(=O)N1Cc1cccs1. The molecule has 1 aromatic heterocycles. The number of piperazine rings is 1. The summed E-state index contributed by atoms with van der Waals surface area (Å²) in [7, 11) is 0. The molecule has 1 aromatic carbocycles. The normalized spacial score (nSPS) is 21.6. The number of imide groups is 1. The summed E-state index contributed by atoms with van der Waals surface area (Å²) in [4.78, 5) is 31.7. The van der Waals surface area contributed by atoms with Crippen LogP contribution in [0.3, 0.4) is 0 Å². The van der Waals surface area contributed by atoms with Gasteiger partial charge in [-0.2, -0.15) is 0 Å².